The fraction of sp³-hybridized carbons (Fsp3) is 0.379. The lowest BCUT2D eigenvalue weighted by atomic mass is 10.1. The maximum atomic E-state index is 6.17. The van der Waals surface area contributed by atoms with Crippen molar-refractivity contribution in [1.29, 1.82) is 0 Å². The second-order valence-corrected chi connectivity index (χ2v) is 9.14. The molecule has 1 fully saturated rings. The molecule has 2 aliphatic rings. The zero-order chi connectivity index (χ0) is 25.3. The number of methoxy groups -OCH3 is 1. The summed E-state index contributed by atoms with van der Waals surface area (Å²) in [7, 11) is 1.67. The molecule has 0 atom stereocenters. The van der Waals surface area contributed by atoms with Crippen molar-refractivity contribution in [3.8, 4) is 22.8 Å². The lowest BCUT2D eigenvalue weighted by molar-refractivity contribution is 0.137. The molecule has 37 heavy (non-hydrogen) atoms. The Morgan fingerprint density at radius 1 is 0.919 bits per heavy atom. The van der Waals surface area contributed by atoms with Crippen LogP contribution in [-0.4, -0.2) is 61.4 Å². The number of anilines is 2. The van der Waals surface area contributed by atoms with Gasteiger partial charge in [0.2, 0.25) is 5.95 Å². The number of fused-ring (bicyclic) bond motifs is 7. The Labute approximate surface area is 218 Å². The zero-order valence-electron chi connectivity index (χ0n) is 21.3. The van der Waals surface area contributed by atoms with Gasteiger partial charge >= 0.3 is 0 Å². The summed E-state index contributed by atoms with van der Waals surface area (Å²) in [6.45, 7) is 5.76. The fourth-order valence-electron chi connectivity index (χ4n) is 4.57. The zero-order valence-corrected chi connectivity index (χ0v) is 21.3. The monoisotopic (exact) mass is 502 g/mol. The van der Waals surface area contributed by atoms with Crippen molar-refractivity contribution in [2.75, 3.05) is 51.9 Å². The molecule has 0 radical (unpaired) electrons. The number of aromatic nitrogens is 2. The van der Waals surface area contributed by atoms with Gasteiger partial charge < -0.3 is 24.3 Å². The smallest absolute Gasteiger partial charge is 0.227 e. The van der Waals surface area contributed by atoms with Crippen molar-refractivity contribution in [1.82, 2.24) is 14.9 Å². The summed E-state index contributed by atoms with van der Waals surface area (Å²) in [5.74, 6) is 2.14. The van der Waals surface area contributed by atoms with Crippen LogP contribution in [0.25, 0.3) is 11.3 Å². The minimum absolute atomic E-state index is 0.432. The number of rotatable bonds is 5. The van der Waals surface area contributed by atoms with Gasteiger partial charge in [0.15, 0.2) is 0 Å². The third-order valence-corrected chi connectivity index (χ3v) is 6.52. The first-order valence-corrected chi connectivity index (χ1v) is 12.8. The molecule has 1 N–H and O–H groups in total. The highest BCUT2D eigenvalue weighted by atomic mass is 16.5. The summed E-state index contributed by atoms with van der Waals surface area (Å²) in [5, 5.41) is 3.34. The fourth-order valence-corrected chi connectivity index (χ4v) is 4.57. The van der Waals surface area contributed by atoms with Crippen molar-refractivity contribution in [2.24, 2.45) is 0 Å². The lowest BCUT2D eigenvalue weighted by Gasteiger charge is -2.17. The summed E-state index contributed by atoms with van der Waals surface area (Å²) in [5.41, 5.74) is 4.60. The molecule has 1 aromatic heterocycles. The number of nitrogens with one attached hydrogen (secondary N) is 1. The van der Waals surface area contributed by atoms with Gasteiger partial charge in [-0.25, -0.2) is 9.97 Å². The molecule has 3 heterocycles. The maximum absolute atomic E-state index is 6.17. The van der Waals surface area contributed by atoms with Crippen LogP contribution < -0.4 is 14.8 Å². The summed E-state index contributed by atoms with van der Waals surface area (Å²) in [6.07, 6.45) is 8.27. The van der Waals surface area contributed by atoms with Gasteiger partial charge in [0.25, 0.3) is 0 Å². The van der Waals surface area contributed by atoms with Gasteiger partial charge in [0, 0.05) is 35.1 Å². The largest absolute Gasteiger partial charge is 0.496 e. The Hall–Kier alpha value is -3.46. The van der Waals surface area contributed by atoms with Crippen LogP contribution in [0.15, 0.2) is 60.8 Å². The first-order chi connectivity index (χ1) is 18.3. The molecule has 3 aromatic rings. The van der Waals surface area contributed by atoms with E-state index in [2.05, 4.69) is 15.2 Å². The molecular weight excluding hydrogens is 468 g/mol. The van der Waals surface area contributed by atoms with Crippen molar-refractivity contribution in [3.05, 3.63) is 71.9 Å². The summed E-state index contributed by atoms with van der Waals surface area (Å²) >= 11 is 0. The van der Waals surface area contributed by atoms with Crippen molar-refractivity contribution >= 4 is 11.6 Å². The van der Waals surface area contributed by atoms with Crippen LogP contribution in [0, 0.1) is 0 Å². The van der Waals surface area contributed by atoms with E-state index < -0.39 is 0 Å². The Bertz CT molecular complexity index is 1210. The average molecular weight is 503 g/mol. The van der Waals surface area contributed by atoms with E-state index in [-0.39, 0.29) is 0 Å². The number of hydrogen-bond donors (Lipinski definition) is 1. The second kappa shape index (κ2) is 12.7. The van der Waals surface area contributed by atoms with Gasteiger partial charge in [-0.05, 0) is 68.4 Å². The van der Waals surface area contributed by atoms with Gasteiger partial charge in [-0.1, -0.05) is 12.2 Å². The minimum atomic E-state index is 0.432. The van der Waals surface area contributed by atoms with Gasteiger partial charge in [-0.3, -0.25) is 4.90 Å². The predicted octanol–water partition coefficient (Wildman–Crippen LogP) is 4.97. The molecule has 0 unspecified atom stereocenters. The molecule has 6 bridgehead atoms. The molecule has 0 aliphatic carbocycles. The number of likely N-dealkylation sites (tertiary alicyclic amines) is 1. The third kappa shape index (κ3) is 6.85. The normalized spacial score (nSPS) is 17.3. The van der Waals surface area contributed by atoms with Crippen molar-refractivity contribution < 1.29 is 18.9 Å². The van der Waals surface area contributed by atoms with E-state index in [1.807, 2.05) is 54.6 Å². The van der Waals surface area contributed by atoms with Crippen LogP contribution in [0.4, 0.5) is 11.6 Å². The van der Waals surface area contributed by atoms with Crippen molar-refractivity contribution in [3.63, 3.8) is 0 Å². The molecular formula is C29H34N4O4. The SMILES string of the molecule is COc1ccc2cc1COC/C=C/COCc1cc(ccc1OCCN1CCCC1)Nc1nccc-2n1. The summed E-state index contributed by atoms with van der Waals surface area (Å²) < 4.78 is 23.5. The topological polar surface area (TPSA) is 78.0 Å². The van der Waals surface area contributed by atoms with Gasteiger partial charge in [-0.15, -0.1) is 0 Å². The molecule has 8 nitrogen and oxygen atoms in total. The highest BCUT2D eigenvalue weighted by Crippen LogP contribution is 2.29. The maximum Gasteiger partial charge on any atom is 0.227 e. The molecule has 0 saturated carbocycles. The Kier molecular flexibility index (Phi) is 8.63. The standard InChI is InChI=1S/C29H34N4O4/c1-34-27-8-6-22-18-23(27)20-35-15-4-5-16-36-21-24-19-25(31-29-30-11-10-26(22)32-29)7-9-28(24)37-17-14-33-12-2-3-13-33/h4-11,18-19H,2-3,12-17,20-21H2,1H3,(H,30,31,32)/b5-4+. The predicted molar refractivity (Wildman–Crippen MR) is 143 cm³/mol. The third-order valence-electron chi connectivity index (χ3n) is 6.52. The van der Waals surface area contributed by atoms with E-state index in [1.54, 1.807) is 13.3 Å². The summed E-state index contributed by atoms with van der Waals surface area (Å²) in [6, 6.07) is 13.9. The second-order valence-electron chi connectivity index (χ2n) is 9.14. The first-order valence-electron chi connectivity index (χ1n) is 12.8. The number of hydrogen-bond acceptors (Lipinski definition) is 8. The molecule has 0 amide bonds. The number of benzene rings is 2. The van der Waals surface area contributed by atoms with Crippen LogP contribution in [0.1, 0.15) is 24.0 Å². The average Bonchev–Trinajstić information content (AvgIpc) is 3.44. The van der Waals surface area contributed by atoms with Gasteiger partial charge in [0.05, 0.1) is 39.2 Å². The quantitative estimate of drug-likeness (QED) is 0.490. The van der Waals surface area contributed by atoms with E-state index >= 15 is 0 Å². The molecule has 2 aromatic carbocycles. The Morgan fingerprint density at radius 2 is 1.68 bits per heavy atom. The molecule has 5 rings (SSSR count). The molecule has 1 saturated heterocycles. The molecule has 8 heteroatoms. The van der Waals surface area contributed by atoms with Crippen LogP contribution in [0.5, 0.6) is 11.5 Å². The number of ether oxygens (including phenoxy) is 4. The van der Waals surface area contributed by atoms with Crippen LogP contribution in [0.2, 0.25) is 0 Å². The molecule has 194 valence electrons. The molecule has 0 spiro atoms. The highest BCUT2D eigenvalue weighted by Gasteiger charge is 2.13. The van der Waals surface area contributed by atoms with Crippen LogP contribution >= 0.6 is 0 Å². The minimum Gasteiger partial charge on any atom is -0.496 e. The van der Waals surface area contributed by atoms with Crippen LogP contribution in [-0.2, 0) is 22.7 Å². The van der Waals surface area contributed by atoms with Crippen LogP contribution in [0.3, 0.4) is 0 Å². The first kappa shape index (κ1) is 25.2. The van der Waals surface area contributed by atoms with E-state index in [0.717, 1.165) is 59.2 Å². The lowest BCUT2D eigenvalue weighted by Crippen LogP contribution is -2.25. The summed E-state index contributed by atoms with van der Waals surface area (Å²) in [4.78, 5) is 11.6. The van der Waals surface area contributed by atoms with E-state index in [4.69, 9.17) is 23.9 Å². The van der Waals surface area contributed by atoms with Gasteiger partial charge in [0.1, 0.15) is 18.1 Å². The van der Waals surface area contributed by atoms with E-state index in [9.17, 15) is 0 Å². The van der Waals surface area contributed by atoms with E-state index in [1.165, 1.54) is 12.8 Å². The van der Waals surface area contributed by atoms with Crippen molar-refractivity contribution in [2.45, 2.75) is 26.1 Å². The molecule has 2 aliphatic heterocycles. The Balaban J connectivity index is 1.38. The Morgan fingerprint density at radius 3 is 2.46 bits per heavy atom. The van der Waals surface area contributed by atoms with E-state index in [0.29, 0.717) is 39.0 Å². The van der Waals surface area contributed by atoms with Gasteiger partial charge in [-0.2, -0.15) is 0 Å². The highest BCUT2D eigenvalue weighted by molar-refractivity contribution is 5.64. The number of nitrogens with zero attached hydrogens (tertiary/aromatic N) is 3.